The lowest BCUT2D eigenvalue weighted by Crippen LogP contribution is -2.36. The van der Waals surface area contributed by atoms with Crippen LogP contribution in [-0.2, 0) is 14.3 Å². The van der Waals surface area contributed by atoms with Gasteiger partial charge >= 0.3 is 0 Å². The van der Waals surface area contributed by atoms with E-state index in [1.807, 2.05) is 0 Å². The standard InChI is InChI=1S/C20H31BrN4O9S/c1-3-22(9-6-4-5-7-12-26)20(27)17-14-16(24(28)29)15-18(25(30)31)19(17)23(10-8-21)11-13-34-35(2,32)33/h14-15,26H,3-13H2,1-2H3. The fourth-order valence-electron chi connectivity index (χ4n) is 3.42. The summed E-state index contributed by atoms with van der Waals surface area (Å²) in [7, 11) is -3.77. The highest BCUT2D eigenvalue weighted by Crippen LogP contribution is 2.37. The molecule has 1 N–H and O–H groups in total. The molecule has 0 aromatic heterocycles. The fraction of sp³-hybridized carbons (Fsp3) is 0.650. The quantitative estimate of drug-likeness (QED) is 0.0944. The summed E-state index contributed by atoms with van der Waals surface area (Å²) in [5.74, 6) is -0.611. The second-order valence-corrected chi connectivity index (χ2v) is 10.0. The monoisotopic (exact) mass is 582 g/mol. The van der Waals surface area contributed by atoms with Gasteiger partial charge in [0.1, 0.15) is 5.69 Å². The van der Waals surface area contributed by atoms with Gasteiger partial charge in [0.2, 0.25) is 0 Å². The maximum Gasteiger partial charge on any atom is 0.300 e. The Bertz CT molecular complexity index is 991. The minimum Gasteiger partial charge on any atom is -0.396 e. The van der Waals surface area contributed by atoms with Crippen LogP contribution >= 0.6 is 15.9 Å². The number of hydrogen-bond acceptors (Lipinski definition) is 10. The Labute approximate surface area is 212 Å². The molecule has 1 rings (SSSR count). The zero-order chi connectivity index (χ0) is 26.6. The van der Waals surface area contributed by atoms with E-state index in [1.54, 1.807) is 6.92 Å². The van der Waals surface area contributed by atoms with Gasteiger partial charge in [-0.25, -0.2) is 0 Å². The molecule has 15 heteroatoms. The van der Waals surface area contributed by atoms with Crippen LogP contribution in [0.1, 0.15) is 43.0 Å². The SMILES string of the molecule is CCN(CCCCCCO)C(=O)c1cc([N+](=O)[O-])cc([N+](=O)[O-])c1N(CCBr)CCOS(C)(=O)=O. The second kappa shape index (κ2) is 14.9. The summed E-state index contributed by atoms with van der Waals surface area (Å²) in [4.78, 5) is 38.1. The first-order valence-electron chi connectivity index (χ1n) is 11.0. The summed E-state index contributed by atoms with van der Waals surface area (Å²) in [6, 6.07) is 1.80. The molecule has 1 aromatic carbocycles. The number of aliphatic hydroxyl groups is 1. The smallest absolute Gasteiger partial charge is 0.300 e. The van der Waals surface area contributed by atoms with Crippen LogP contribution in [0.2, 0.25) is 0 Å². The van der Waals surface area contributed by atoms with E-state index in [9.17, 15) is 33.4 Å². The van der Waals surface area contributed by atoms with E-state index >= 15 is 0 Å². The van der Waals surface area contributed by atoms with Crippen molar-refractivity contribution < 1.29 is 32.3 Å². The molecule has 1 aromatic rings. The Morgan fingerprint density at radius 3 is 2.26 bits per heavy atom. The molecule has 0 aliphatic heterocycles. The van der Waals surface area contributed by atoms with Crippen molar-refractivity contribution in [1.82, 2.24) is 4.90 Å². The number of anilines is 1. The number of rotatable bonds is 17. The van der Waals surface area contributed by atoms with Crippen LogP contribution in [0.15, 0.2) is 12.1 Å². The number of alkyl halides is 1. The molecular weight excluding hydrogens is 552 g/mol. The molecule has 35 heavy (non-hydrogen) atoms. The second-order valence-electron chi connectivity index (χ2n) is 7.60. The summed E-state index contributed by atoms with van der Waals surface area (Å²) in [5.41, 5.74) is -1.60. The largest absolute Gasteiger partial charge is 0.396 e. The number of non-ortho nitro benzene ring substituents is 1. The Balaban J connectivity index is 3.51. The highest BCUT2D eigenvalue weighted by molar-refractivity contribution is 9.09. The van der Waals surface area contributed by atoms with E-state index in [0.717, 1.165) is 31.2 Å². The summed E-state index contributed by atoms with van der Waals surface area (Å²) < 4.78 is 27.5. The number of aliphatic hydroxyl groups excluding tert-OH is 1. The van der Waals surface area contributed by atoms with Gasteiger partial charge in [-0.05, 0) is 19.8 Å². The molecule has 13 nitrogen and oxygen atoms in total. The average molecular weight is 583 g/mol. The molecular formula is C20H31BrN4O9S. The number of hydrogen-bond donors (Lipinski definition) is 1. The van der Waals surface area contributed by atoms with E-state index in [2.05, 4.69) is 15.9 Å². The van der Waals surface area contributed by atoms with Crippen LogP contribution in [0.3, 0.4) is 0 Å². The van der Waals surface area contributed by atoms with Crippen LogP contribution in [0.5, 0.6) is 0 Å². The van der Waals surface area contributed by atoms with E-state index in [1.165, 1.54) is 9.80 Å². The van der Waals surface area contributed by atoms with Crippen LogP contribution in [0.4, 0.5) is 17.1 Å². The number of amides is 1. The van der Waals surface area contributed by atoms with Crippen molar-refractivity contribution in [2.24, 2.45) is 0 Å². The molecule has 0 fully saturated rings. The number of unbranched alkanes of at least 4 members (excludes halogenated alkanes) is 3. The number of carbonyl (C=O) groups excluding carboxylic acids is 1. The first-order valence-corrected chi connectivity index (χ1v) is 13.9. The van der Waals surface area contributed by atoms with E-state index < -0.39 is 37.2 Å². The molecule has 0 bridgehead atoms. The molecule has 0 saturated heterocycles. The maximum absolute atomic E-state index is 13.5. The first-order chi connectivity index (χ1) is 16.5. The minimum absolute atomic E-state index is 0.0730. The van der Waals surface area contributed by atoms with Crippen molar-refractivity contribution in [3.05, 3.63) is 37.9 Å². The van der Waals surface area contributed by atoms with Crippen LogP contribution in [0.25, 0.3) is 0 Å². The zero-order valence-electron chi connectivity index (χ0n) is 19.7. The predicted molar refractivity (Wildman–Crippen MR) is 134 cm³/mol. The molecule has 0 saturated carbocycles. The minimum atomic E-state index is -3.77. The molecule has 0 spiro atoms. The number of nitro benzene ring substituents is 2. The van der Waals surface area contributed by atoms with Gasteiger partial charge in [-0.1, -0.05) is 28.8 Å². The molecule has 0 radical (unpaired) electrons. The van der Waals surface area contributed by atoms with Gasteiger partial charge in [-0.15, -0.1) is 0 Å². The Morgan fingerprint density at radius 2 is 1.74 bits per heavy atom. The van der Waals surface area contributed by atoms with Crippen molar-refractivity contribution in [3.63, 3.8) is 0 Å². The van der Waals surface area contributed by atoms with Crippen LogP contribution in [-0.4, -0.2) is 85.2 Å². The molecule has 0 unspecified atom stereocenters. The third-order valence-electron chi connectivity index (χ3n) is 5.05. The molecule has 198 valence electrons. The van der Waals surface area contributed by atoms with Crippen LogP contribution < -0.4 is 4.90 Å². The summed E-state index contributed by atoms with van der Waals surface area (Å²) in [6.07, 6.45) is 3.66. The molecule has 1 amide bonds. The Hall–Kier alpha value is -2.36. The lowest BCUT2D eigenvalue weighted by Gasteiger charge is -2.28. The van der Waals surface area contributed by atoms with Gasteiger partial charge in [-0.2, -0.15) is 8.42 Å². The maximum atomic E-state index is 13.5. The topological polar surface area (TPSA) is 173 Å². The number of carbonyl (C=O) groups is 1. The molecule has 0 aliphatic rings. The molecule has 0 aliphatic carbocycles. The average Bonchev–Trinajstić information content (AvgIpc) is 2.78. The summed E-state index contributed by atoms with van der Waals surface area (Å²) in [6.45, 7) is 2.08. The van der Waals surface area contributed by atoms with Gasteiger partial charge in [-0.3, -0.25) is 29.2 Å². The lowest BCUT2D eigenvalue weighted by atomic mass is 10.1. The zero-order valence-corrected chi connectivity index (χ0v) is 22.1. The third-order valence-corrected chi connectivity index (χ3v) is 6.00. The van der Waals surface area contributed by atoms with Gasteiger partial charge in [0, 0.05) is 44.2 Å². The van der Waals surface area contributed by atoms with Crippen molar-refractivity contribution >= 4 is 49.0 Å². The van der Waals surface area contributed by atoms with Gasteiger partial charge in [0.05, 0.1) is 34.3 Å². The third kappa shape index (κ3) is 10.0. The Morgan fingerprint density at radius 1 is 1.09 bits per heavy atom. The number of halogens is 1. The predicted octanol–water partition coefficient (Wildman–Crippen LogP) is 2.70. The van der Waals surface area contributed by atoms with E-state index in [-0.39, 0.29) is 44.1 Å². The fourth-order valence-corrected chi connectivity index (χ4v) is 4.23. The molecule has 0 atom stereocenters. The normalized spacial score (nSPS) is 11.3. The van der Waals surface area contributed by atoms with E-state index in [0.29, 0.717) is 24.7 Å². The number of nitro groups is 2. The van der Waals surface area contributed by atoms with Crippen molar-refractivity contribution in [1.29, 1.82) is 0 Å². The summed E-state index contributed by atoms with van der Waals surface area (Å²) >= 11 is 3.25. The van der Waals surface area contributed by atoms with Gasteiger partial charge in [0.25, 0.3) is 27.4 Å². The first kappa shape index (κ1) is 30.7. The highest BCUT2D eigenvalue weighted by atomic mass is 79.9. The van der Waals surface area contributed by atoms with Crippen molar-refractivity contribution in [2.45, 2.75) is 32.6 Å². The Kier molecular flexibility index (Phi) is 13.1. The van der Waals surface area contributed by atoms with E-state index in [4.69, 9.17) is 9.29 Å². The summed E-state index contributed by atoms with van der Waals surface area (Å²) in [5, 5.41) is 32.6. The van der Waals surface area contributed by atoms with Crippen LogP contribution in [0, 0.1) is 20.2 Å². The van der Waals surface area contributed by atoms with Gasteiger partial charge < -0.3 is 14.9 Å². The van der Waals surface area contributed by atoms with Crippen molar-refractivity contribution in [2.75, 3.05) is 55.9 Å². The number of nitrogens with zero attached hydrogens (tertiary/aromatic N) is 4. The number of benzene rings is 1. The highest BCUT2D eigenvalue weighted by Gasteiger charge is 2.32. The van der Waals surface area contributed by atoms with Crippen molar-refractivity contribution in [3.8, 4) is 0 Å². The van der Waals surface area contributed by atoms with Gasteiger partial charge in [0.15, 0.2) is 0 Å². The lowest BCUT2D eigenvalue weighted by molar-refractivity contribution is -0.393. The molecule has 0 heterocycles.